The minimum atomic E-state index is 0.641. The second-order valence-corrected chi connectivity index (χ2v) is 4.92. The van der Waals surface area contributed by atoms with E-state index in [1.54, 1.807) is 24.8 Å². The molecule has 7 heteroatoms. The van der Waals surface area contributed by atoms with E-state index in [1.807, 2.05) is 35.0 Å². The second kappa shape index (κ2) is 5.80. The number of fused-ring (bicyclic) bond motifs is 1. The molecule has 0 bridgehead atoms. The van der Waals surface area contributed by atoms with Crippen molar-refractivity contribution in [1.82, 2.24) is 29.3 Å². The molecule has 0 fully saturated rings. The Balaban J connectivity index is 1.77. The molecular weight excluding hydrogens is 290 g/mol. The third-order valence-corrected chi connectivity index (χ3v) is 3.44. The lowest BCUT2D eigenvalue weighted by molar-refractivity contribution is 1.05. The van der Waals surface area contributed by atoms with Gasteiger partial charge in [0.25, 0.3) is 0 Å². The molecule has 0 aromatic carbocycles. The number of rotatable bonds is 4. The fraction of sp³-hybridized carbons (Fsp3) is 0.0625. The summed E-state index contributed by atoms with van der Waals surface area (Å²) in [5, 5.41) is 3.42. The summed E-state index contributed by atoms with van der Waals surface area (Å²) in [7, 11) is 0. The Bertz CT molecular complexity index is 919. The predicted molar refractivity (Wildman–Crippen MR) is 85.6 cm³/mol. The molecule has 0 saturated carbocycles. The zero-order valence-corrected chi connectivity index (χ0v) is 12.2. The molecule has 0 spiro atoms. The van der Waals surface area contributed by atoms with Crippen LogP contribution in [0.15, 0.2) is 61.7 Å². The molecule has 4 heterocycles. The van der Waals surface area contributed by atoms with Gasteiger partial charge in [0.15, 0.2) is 5.65 Å². The van der Waals surface area contributed by atoms with Crippen molar-refractivity contribution in [3.8, 4) is 11.4 Å². The molecule has 7 nitrogen and oxygen atoms in total. The lowest BCUT2D eigenvalue weighted by Crippen LogP contribution is -2.04. The van der Waals surface area contributed by atoms with Crippen molar-refractivity contribution < 1.29 is 0 Å². The van der Waals surface area contributed by atoms with Crippen molar-refractivity contribution in [2.24, 2.45) is 0 Å². The van der Waals surface area contributed by atoms with Crippen LogP contribution in [-0.4, -0.2) is 29.3 Å². The molecule has 0 aliphatic carbocycles. The van der Waals surface area contributed by atoms with Crippen LogP contribution in [0.2, 0.25) is 0 Å². The molecule has 0 atom stereocenters. The third kappa shape index (κ3) is 2.59. The Morgan fingerprint density at radius 2 is 1.96 bits per heavy atom. The molecule has 4 aromatic rings. The normalized spacial score (nSPS) is 10.8. The molecule has 0 unspecified atom stereocenters. The van der Waals surface area contributed by atoms with Gasteiger partial charge in [0.1, 0.15) is 17.8 Å². The summed E-state index contributed by atoms with van der Waals surface area (Å²) in [5.41, 5.74) is 3.38. The molecule has 112 valence electrons. The van der Waals surface area contributed by atoms with Crippen molar-refractivity contribution in [2.75, 3.05) is 5.32 Å². The molecule has 4 aromatic heterocycles. The van der Waals surface area contributed by atoms with Crippen LogP contribution in [0.4, 0.5) is 5.82 Å². The molecule has 4 rings (SSSR count). The number of imidazole rings is 1. The van der Waals surface area contributed by atoms with Crippen LogP contribution in [0.5, 0.6) is 0 Å². The first-order valence-electron chi connectivity index (χ1n) is 7.13. The number of aromatic nitrogens is 6. The van der Waals surface area contributed by atoms with Gasteiger partial charge in [-0.05, 0) is 17.7 Å². The summed E-state index contributed by atoms with van der Waals surface area (Å²) in [4.78, 5) is 21.1. The van der Waals surface area contributed by atoms with E-state index in [9.17, 15) is 0 Å². The second-order valence-electron chi connectivity index (χ2n) is 4.92. The smallest absolute Gasteiger partial charge is 0.157 e. The van der Waals surface area contributed by atoms with E-state index in [4.69, 9.17) is 0 Å². The monoisotopic (exact) mass is 303 g/mol. The molecule has 0 radical (unpaired) electrons. The summed E-state index contributed by atoms with van der Waals surface area (Å²) < 4.78 is 1.96. The highest BCUT2D eigenvalue weighted by Gasteiger charge is 2.14. The van der Waals surface area contributed by atoms with E-state index in [0.717, 1.165) is 28.4 Å². The number of hydrogen-bond acceptors (Lipinski definition) is 6. The van der Waals surface area contributed by atoms with E-state index in [0.29, 0.717) is 6.54 Å². The van der Waals surface area contributed by atoms with E-state index < -0.39 is 0 Å². The number of anilines is 1. The quantitative estimate of drug-likeness (QED) is 0.622. The summed E-state index contributed by atoms with van der Waals surface area (Å²) in [6.07, 6.45) is 12.1. The van der Waals surface area contributed by atoms with Crippen molar-refractivity contribution >= 4 is 11.5 Å². The third-order valence-electron chi connectivity index (χ3n) is 3.44. The average Bonchev–Trinajstić information content (AvgIpc) is 3.00. The number of nitrogens with one attached hydrogen (secondary N) is 1. The standard InChI is InChI=1S/C16H13N7/c1-2-12(8-17-4-1)9-20-16-15(13-3-5-19-11-21-13)22-14-10-18-6-7-23(14)16/h1-8,10-11,20H,9H2. The highest BCUT2D eigenvalue weighted by atomic mass is 15.1. The Labute approximate surface area is 132 Å². The Morgan fingerprint density at radius 1 is 1.00 bits per heavy atom. The molecular formula is C16H13N7. The lowest BCUT2D eigenvalue weighted by atomic mass is 10.2. The van der Waals surface area contributed by atoms with Gasteiger partial charge in [-0.3, -0.25) is 14.4 Å². The highest BCUT2D eigenvalue weighted by molar-refractivity contribution is 5.73. The van der Waals surface area contributed by atoms with Gasteiger partial charge in [-0.25, -0.2) is 15.0 Å². The zero-order chi connectivity index (χ0) is 15.5. The number of nitrogens with zero attached hydrogens (tertiary/aromatic N) is 6. The maximum Gasteiger partial charge on any atom is 0.157 e. The number of pyridine rings is 1. The zero-order valence-electron chi connectivity index (χ0n) is 12.2. The lowest BCUT2D eigenvalue weighted by Gasteiger charge is -2.08. The Kier molecular flexibility index (Phi) is 3.36. The first-order chi connectivity index (χ1) is 11.4. The molecule has 0 aliphatic rings. The summed E-state index contributed by atoms with van der Waals surface area (Å²) in [5.74, 6) is 0.866. The van der Waals surface area contributed by atoms with E-state index in [-0.39, 0.29) is 0 Å². The molecule has 1 N–H and O–H groups in total. The average molecular weight is 303 g/mol. The molecule has 0 aliphatic heterocycles. The van der Waals surface area contributed by atoms with Gasteiger partial charge in [0.2, 0.25) is 0 Å². The molecule has 0 amide bonds. The minimum absolute atomic E-state index is 0.641. The summed E-state index contributed by atoms with van der Waals surface area (Å²) >= 11 is 0. The van der Waals surface area contributed by atoms with Gasteiger partial charge >= 0.3 is 0 Å². The first-order valence-corrected chi connectivity index (χ1v) is 7.13. The highest BCUT2D eigenvalue weighted by Crippen LogP contribution is 2.26. The van der Waals surface area contributed by atoms with Crippen molar-refractivity contribution in [1.29, 1.82) is 0 Å². The van der Waals surface area contributed by atoms with Crippen LogP contribution in [0.25, 0.3) is 17.0 Å². The van der Waals surface area contributed by atoms with Crippen molar-refractivity contribution in [3.05, 3.63) is 67.3 Å². The first kappa shape index (κ1) is 13.3. The fourth-order valence-electron chi connectivity index (χ4n) is 2.37. The van der Waals surface area contributed by atoms with Crippen LogP contribution in [0.1, 0.15) is 5.56 Å². The van der Waals surface area contributed by atoms with Gasteiger partial charge in [0.05, 0.1) is 11.9 Å². The summed E-state index contributed by atoms with van der Waals surface area (Å²) in [6.45, 7) is 0.641. The van der Waals surface area contributed by atoms with Crippen molar-refractivity contribution in [3.63, 3.8) is 0 Å². The maximum atomic E-state index is 4.63. The van der Waals surface area contributed by atoms with E-state index >= 15 is 0 Å². The van der Waals surface area contributed by atoms with E-state index in [2.05, 4.69) is 30.2 Å². The van der Waals surface area contributed by atoms with Crippen LogP contribution >= 0.6 is 0 Å². The van der Waals surface area contributed by atoms with Gasteiger partial charge in [-0.15, -0.1) is 0 Å². The van der Waals surface area contributed by atoms with Gasteiger partial charge < -0.3 is 5.32 Å². The summed E-state index contributed by atoms with van der Waals surface area (Å²) in [6, 6.07) is 5.78. The Morgan fingerprint density at radius 3 is 2.78 bits per heavy atom. The van der Waals surface area contributed by atoms with Crippen LogP contribution < -0.4 is 5.32 Å². The van der Waals surface area contributed by atoms with Crippen molar-refractivity contribution in [2.45, 2.75) is 6.54 Å². The van der Waals surface area contributed by atoms with Crippen LogP contribution in [-0.2, 0) is 6.54 Å². The predicted octanol–water partition coefficient (Wildman–Crippen LogP) is 2.19. The minimum Gasteiger partial charge on any atom is -0.365 e. The van der Waals surface area contributed by atoms with Crippen LogP contribution in [0.3, 0.4) is 0 Å². The van der Waals surface area contributed by atoms with Gasteiger partial charge in [-0.2, -0.15) is 0 Å². The fourth-order valence-corrected chi connectivity index (χ4v) is 2.37. The number of hydrogen-bond donors (Lipinski definition) is 1. The molecule has 0 saturated heterocycles. The Hall–Kier alpha value is -3.35. The van der Waals surface area contributed by atoms with Crippen LogP contribution in [0, 0.1) is 0 Å². The largest absolute Gasteiger partial charge is 0.365 e. The maximum absolute atomic E-state index is 4.63. The molecule has 23 heavy (non-hydrogen) atoms. The van der Waals surface area contributed by atoms with Gasteiger partial charge in [0, 0.05) is 37.5 Å². The topological polar surface area (TPSA) is 80.9 Å². The van der Waals surface area contributed by atoms with Gasteiger partial charge in [-0.1, -0.05) is 6.07 Å². The van der Waals surface area contributed by atoms with E-state index in [1.165, 1.54) is 6.33 Å². The SMILES string of the molecule is c1cncc(CNc2c(-c3ccncn3)nc3cnccn23)c1.